The van der Waals surface area contributed by atoms with Crippen LogP contribution in [0.3, 0.4) is 0 Å². The topological polar surface area (TPSA) is 74.8 Å². The number of likely N-dealkylation sites (N-methyl/N-ethyl adjacent to an activating group) is 1. The number of hydrogen-bond donors (Lipinski definition) is 1. The third-order valence-corrected chi connectivity index (χ3v) is 7.17. The Kier molecular flexibility index (Phi) is 6.25. The third kappa shape index (κ3) is 4.41. The lowest BCUT2D eigenvalue weighted by Gasteiger charge is -2.26. The summed E-state index contributed by atoms with van der Waals surface area (Å²) in [7, 11) is 0.576. The molecule has 3 rings (SSSR count). The van der Waals surface area contributed by atoms with E-state index < -0.39 is 10.0 Å². The molecule has 0 aliphatic carbocycles. The lowest BCUT2D eigenvalue weighted by atomic mass is 10.2. The minimum Gasteiger partial charge on any atom is -0.379 e. The van der Waals surface area contributed by atoms with Crippen molar-refractivity contribution in [1.29, 1.82) is 0 Å². The van der Waals surface area contributed by atoms with E-state index in [0.29, 0.717) is 38.7 Å². The van der Waals surface area contributed by atoms with Gasteiger partial charge in [-0.1, -0.05) is 6.07 Å². The molecule has 1 fully saturated rings. The zero-order chi connectivity index (χ0) is 18.6. The number of ether oxygens (including phenoxy) is 1. The number of morpholine rings is 1. The summed E-state index contributed by atoms with van der Waals surface area (Å²) in [6, 6.07) is 7.71. The van der Waals surface area contributed by atoms with E-state index in [4.69, 9.17) is 4.74 Å². The van der Waals surface area contributed by atoms with Crippen LogP contribution in [0.5, 0.6) is 0 Å². The van der Waals surface area contributed by atoms with Crippen molar-refractivity contribution in [1.82, 2.24) is 14.2 Å². The van der Waals surface area contributed by atoms with Crippen molar-refractivity contribution in [2.45, 2.75) is 10.9 Å². The van der Waals surface area contributed by atoms with Gasteiger partial charge in [-0.15, -0.1) is 11.3 Å². The molecule has 7 nitrogen and oxygen atoms in total. The summed E-state index contributed by atoms with van der Waals surface area (Å²) in [4.78, 5) is 7.93. The van der Waals surface area contributed by atoms with Crippen molar-refractivity contribution in [2.75, 3.05) is 52.3 Å². The molecule has 0 saturated carbocycles. The van der Waals surface area contributed by atoms with Crippen LogP contribution in [-0.4, -0.2) is 69.6 Å². The van der Waals surface area contributed by atoms with E-state index in [9.17, 15) is 8.42 Å². The second kappa shape index (κ2) is 8.45. The molecule has 2 aromatic rings. The molecule has 1 saturated heterocycles. The standard InChI is InChI=1S/C17H24N4O3S2/c1-20(2)15(16-4-3-11-25-16)13-19-17-6-5-14(12-18-17)26(22,23)21-7-9-24-10-8-21/h3-6,11-12,15H,7-10,13H2,1-2H3,(H,18,19). The highest BCUT2D eigenvalue weighted by atomic mass is 32.2. The van der Waals surface area contributed by atoms with Crippen molar-refractivity contribution in [3.05, 3.63) is 40.7 Å². The van der Waals surface area contributed by atoms with Crippen LogP contribution in [0.4, 0.5) is 5.82 Å². The number of pyridine rings is 1. The summed E-state index contributed by atoms with van der Waals surface area (Å²) in [5.74, 6) is 0.661. The first kappa shape index (κ1) is 19.2. The third-order valence-electron chi connectivity index (χ3n) is 4.32. The molecule has 0 amide bonds. The molecule has 9 heteroatoms. The van der Waals surface area contributed by atoms with E-state index in [1.165, 1.54) is 15.4 Å². The van der Waals surface area contributed by atoms with Gasteiger partial charge in [0, 0.05) is 30.7 Å². The average molecular weight is 397 g/mol. The van der Waals surface area contributed by atoms with Crippen LogP contribution in [0.15, 0.2) is 40.7 Å². The Morgan fingerprint density at radius 2 is 2.08 bits per heavy atom. The lowest BCUT2D eigenvalue weighted by Crippen LogP contribution is -2.40. The fourth-order valence-corrected chi connectivity index (χ4v) is 5.07. The Morgan fingerprint density at radius 1 is 1.31 bits per heavy atom. The van der Waals surface area contributed by atoms with Gasteiger partial charge in [0.1, 0.15) is 10.7 Å². The predicted octanol–water partition coefficient (Wildman–Crippen LogP) is 1.88. The normalized spacial score (nSPS) is 17.3. The summed E-state index contributed by atoms with van der Waals surface area (Å²) in [5, 5.41) is 5.36. The second-order valence-corrected chi connectivity index (χ2v) is 9.19. The van der Waals surface area contributed by atoms with Crippen molar-refractivity contribution < 1.29 is 13.2 Å². The molecule has 1 aliphatic heterocycles. The van der Waals surface area contributed by atoms with Crippen molar-refractivity contribution in [3.63, 3.8) is 0 Å². The van der Waals surface area contributed by atoms with Crippen LogP contribution in [0.2, 0.25) is 0 Å². The number of nitrogens with zero attached hydrogens (tertiary/aromatic N) is 3. The largest absolute Gasteiger partial charge is 0.379 e. The van der Waals surface area contributed by atoms with Crippen LogP contribution in [0.1, 0.15) is 10.9 Å². The van der Waals surface area contributed by atoms with Gasteiger partial charge in [0.05, 0.1) is 19.3 Å². The molecule has 0 aromatic carbocycles. The number of thiophene rings is 1. The summed E-state index contributed by atoms with van der Waals surface area (Å²) < 4.78 is 31.9. The number of sulfonamides is 1. The molecule has 2 aromatic heterocycles. The van der Waals surface area contributed by atoms with Gasteiger partial charge in [0.2, 0.25) is 10.0 Å². The fourth-order valence-electron chi connectivity index (χ4n) is 2.79. The fraction of sp³-hybridized carbons (Fsp3) is 0.471. The highest BCUT2D eigenvalue weighted by Gasteiger charge is 2.26. The Hall–Kier alpha value is -1.52. The first-order chi connectivity index (χ1) is 12.5. The lowest BCUT2D eigenvalue weighted by molar-refractivity contribution is 0.0730. The molecule has 1 N–H and O–H groups in total. The summed E-state index contributed by atoms with van der Waals surface area (Å²) in [6.07, 6.45) is 1.42. The molecule has 0 radical (unpaired) electrons. The van der Waals surface area contributed by atoms with Crippen LogP contribution in [0, 0.1) is 0 Å². The number of nitrogens with one attached hydrogen (secondary N) is 1. The van der Waals surface area contributed by atoms with E-state index in [-0.39, 0.29) is 10.9 Å². The first-order valence-corrected chi connectivity index (χ1v) is 10.8. The highest BCUT2D eigenvalue weighted by molar-refractivity contribution is 7.89. The zero-order valence-electron chi connectivity index (χ0n) is 15.0. The Balaban J connectivity index is 1.66. The SMILES string of the molecule is CN(C)C(CNc1ccc(S(=O)(=O)N2CCOCC2)cn1)c1cccs1. The van der Waals surface area contributed by atoms with Gasteiger partial charge in [-0.3, -0.25) is 0 Å². The summed E-state index contributed by atoms with van der Waals surface area (Å²) in [6.45, 7) is 2.32. The van der Waals surface area contributed by atoms with E-state index in [0.717, 1.165) is 0 Å². The Bertz CT molecular complexity index is 786. The average Bonchev–Trinajstić information content (AvgIpc) is 3.17. The van der Waals surface area contributed by atoms with Crippen molar-refractivity contribution in [3.8, 4) is 0 Å². The van der Waals surface area contributed by atoms with Gasteiger partial charge >= 0.3 is 0 Å². The molecule has 1 atom stereocenters. The molecule has 1 unspecified atom stereocenters. The molecule has 0 spiro atoms. The maximum Gasteiger partial charge on any atom is 0.244 e. The second-order valence-electron chi connectivity index (χ2n) is 6.27. The van der Waals surface area contributed by atoms with Crippen LogP contribution in [-0.2, 0) is 14.8 Å². The van der Waals surface area contributed by atoms with Gasteiger partial charge in [-0.25, -0.2) is 13.4 Å². The van der Waals surface area contributed by atoms with Crippen molar-refractivity contribution in [2.24, 2.45) is 0 Å². The van der Waals surface area contributed by atoms with Gasteiger partial charge in [-0.05, 0) is 37.7 Å². The minimum absolute atomic E-state index is 0.215. The predicted molar refractivity (Wildman–Crippen MR) is 103 cm³/mol. The van der Waals surface area contributed by atoms with Gasteiger partial charge in [0.15, 0.2) is 0 Å². The van der Waals surface area contributed by atoms with Crippen LogP contribution >= 0.6 is 11.3 Å². The maximum absolute atomic E-state index is 12.6. The number of anilines is 1. The summed E-state index contributed by atoms with van der Waals surface area (Å²) >= 11 is 1.72. The monoisotopic (exact) mass is 396 g/mol. The van der Waals surface area contributed by atoms with E-state index in [1.54, 1.807) is 23.5 Å². The van der Waals surface area contributed by atoms with Gasteiger partial charge in [-0.2, -0.15) is 4.31 Å². The van der Waals surface area contributed by atoms with Gasteiger partial charge < -0.3 is 15.0 Å². The molecule has 142 valence electrons. The van der Waals surface area contributed by atoms with Gasteiger partial charge in [0.25, 0.3) is 0 Å². The molecular formula is C17H24N4O3S2. The van der Waals surface area contributed by atoms with Crippen LogP contribution < -0.4 is 5.32 Å². The number of aromatic nitrogens is 1. The van der Waals surface area contributed by atoms with Crippen molar-refractivity contribution >= 4 is 27.2 Å². The molecular weight excluding hydrogens is 372 g/mol. The Labute approximate surface area is 158 Å². The van der Waals surface area contributed by atoms with E-state index in [1.807, 2.05) is 20.2 Å². The molecule has 26 heavy (non-hydrogen) atoms. The first-order valence-electron chi connectivity index (χ1n) is 8.46. The molecule has 3 heterocycles. The van der Waals surface area contributed by atoms with Crippen LogP contribution in [0.25, 0.3) is 0 Å². The highest BCUT2D eigenvalue weighted by Crippen LogP contribution is 2.24. The molecule has 1 aliphatic rings. The minimum atomic E-state index is -3.50. The maximum atomic E-state index is 12.6. The van der Waals surface area contributed by atoms with E-state index in [2.05, 4.69) is 26.6 Å². The van der Waals surface area contributed by atoms with E-state index >= 15 is 0 Å². The zero-order valence-corrected chi connectivity index (χ0v) is 16.6. The smallest absolute Gasteiger partial charge is 0.244 e. The number of hydrogen-bond acceptors (Lipinski definition) is 7. The quantitative estimate of drug-likeness (QED) is 0.770. The number of rotatable bonds is 7. The molecule has 0 bridgehead atoms. The summed E-state index contributed by atoms with van der Waals surface area (Å²) in [5.41, 5.74) is 0. The Morgan fingerprint density at radius 3 is 2.65 bits per heavy atom.